The van der Waals surface area contributed by atoms with Crippen molar-refractivity contribution >= 4 is 16.4 Å². The van der Waals surface area contributed by atoms with Crippen molar-refractivity contribution < 1.29 is 17.9 Å². The summed E-state index contributed by atoms with van der Waals surface area (Å²) in [6, 6.07) is 11.1. The first-order chi connectivity index (χ1) is 14.0. The molecule has 0 aliphatic carbocycles. The molecule has 8 heteroatoms. The number of sulfonamides is 1. The molecule has 1 N–H and O–H groups in total. The Morgan fingerprint density at radius 2 is 1.97 bits per heavy atom. The van der Waals surface area contributed by atoms with Gasteiger partial charge in [-0.3, -0.25) is 9.78 Å². The molecule has 1 unspecified atom stereocenters. The van der Waals surface area contributed by atoms with Crippen molar-refractivity contribution in [2.24, 2.45) is 0 Å². The molecule has 0 bridgehead atoms. The van der Waals surface area contributed by atoms with Crippen LogP contribution in [0.2, 0.25) is 0 Å². The van der Waals surface area contributed by atoms with Gasteiger partial charge in [0.05, 0.1) is 24.5 Å². The van der Waals surface area contributed by atoms with E-state index in [1.165, 1.54) is 9.87 Å². The number of ether oxygens (including phenoxy) is 1. The minimum atomic E-state index is -3.52. The van der Waals surface area contributed by atoms with Gasteiger partial charge < -0.3 is 10.1 Å². The standard InChI is InChI=1S/C21H27N3O4S/c1-17-4-6-18(7-5-17)14-28-20-8-11-24(12-9-20)29(26,27)15-21(23-16-25)19-3-2-10-22-13-19/h2-7,10,13,16,20-21H,8-9,11-12,14-15H2,1H3,(H,23,25). The molecule has 29 heavy (non-hydrogen) atoms. The zero-order chi connectivity index (χ0) is 20.7. The summed E-state index contributed by atoms with van der Waals surface area (Å²) in [6.45, 7) is 3.41. The quantitative estimate of drug-likeness (QED) is 0.632. The molecule has 1 aromatic carbocycles. The maximum absolute atomic E-state index is 12.9. The van der Waals surface area contributed by atoms with E-state index in [0.717, 1.165) is 5.56 Å². The summed E-state index contributed by atoms with van der Waals surface area (Å²) in [6.07, 6.45) is 5.07. The van der Waals surface area contributed by atoms with Gasteiger partial charge in [-0.1, -0.05) is 35.9 Å². The number of aryl methyl sites for hydroxylation is 1. The van der Waals surface area contributed by atoms with Gasteiger partial charge in [0.1, 0.15) is 0 Å². The fraction of sp³-hybridized carbons (Fsp3) is 0.429. The van der Waals surface area contributed by atoms with E-state index in [0.29, 0.717) is 44.5 Å². The van der Waals surface area contributed by atoms with Gasteiger partial charge in [-0.2, -0.15) is 0 Å². The summed E-state index contributed by atoms with van der Waals surface area (Å²) >= 11 is 0. The molecule has 156 valence electrons. The van der Waals surface area contributed by atoms with E-state index in [9.17, 15) is 13.2 Å². The van der Waals surface area contributed by atoms with Crippen LogP contribution < -0.4 is 5.32 Å². The molecule has 1 aliphatic heterocycles. The molecule has 1 aliphatic rings. The van der Waals surface area contributed by atoms with Crippen LogP contribution in [0.4, 0.5) is 0 Å². The molecule has 1 amide bonds. The van der Waals surface area contributed by atoms with Gasteiger partial charge >= 0.3 is 0 Å². The number of aromatic nitrogens is 1. The third-order valence-electron chi connectivity index (χ3n) is 5.13. The second kappa shape index (κ2) is 9.96. The van der Waals surface area contributed by atoms with Gasteiger partial charge in [-0.05, 0) is 37.0 Å². The van der Waals surface area contributed by atoms with Gasteiger partial charge in [-0.25, -0.2) is 12.7 Å². The topological polar surface area (TPSA) is 88.6 Å². The van der Waals surface area contributed by atoms with Crippen LogP contribution in [0.5, 0.6) is 0 Å². The van der Waals surface area contributed by atoms with Crippen LogP contribution in [0, 0.1) is 6.92 Å². The van der Waals surface area contributed by atoms with Crippen LogP contribution in [-0.4, -0.2) is 49.1 Å². The summed E-state index contributed by atoms with van der Waals surface area (Å²) < 4.78 is 33.2. The van der Waals surface area contributed by atoms with Crippen LogP contribution in [-0.2, 0) is 26.2 Å². The largest absolute Gasteiger partial charge is 0.373 e. The lowest BCUT2D eigenvalue weighted by molar-refractivity contribution is -0.110. The summed E-state index contributed by atoms with van der Waals surface area (Å²) in [4.78, 5) is 15.0. The van der Waals surface area contributed by atoms with Gasteiger partial charge in [0.2, 0.25) is 16.4 Å². The molecule has 2 heterocycles. The number of carbonyl (C=O) groups is 1. The Balaban J connectivity index is 1.53. The molecular formula is C21H27N3O4S. The van der Waals surface area contributed by atoms with Crippen LogP contribution in [0.15, 0.2) is 48.8 Å². The number of nitrogens with zero attached hydrogens (tertiary/aromatic N) is 2. The van der Waals surface area contributed by atoms with Gasteiger partial charge in [-0.15, -0.1) is 0 Å². The molecule has 0 saturated carbocycles. The predicted octanol–water partition coefficient (Wildman–Crippen LogP) is 2.19. The van der Waals surface area contributed by atoms with Crippen LogP contribution >= 0.6 is 0 Å². The minimum absolute atomic E-state index is 0.0463. The van der Waals surface area contributed by atoms with Crippen molar-refractivity contribution in [2.75, 3.05) is 18.8 Å². The highest BCUT2D eigenvalue weighted by Crippen LogP contribution is 2.22. The highest BCUT2D eigenvalue weighted by molar-refractivity contribution is 7.89. The third kappa shape index (κ3) is 6.09. The van der Waals surface area contributed by atoms with Crippen molar-refractivity contribution in [3.05, 3.63) is 65.5 Å². The van der Waals surface area contributed by atoms with Gasteiger partial charge in [0.25, 0.3) is 0 Å². The van der Waals surface area contributed by atoms with E-state index >= 15 is 0 Å². The number of rotatable bonds is 9. The second-order valence-electron chi connectivity index (χ2n) is 7.30. The molecule has 2 aromatic rings. The van der Waals surface area contributed by atoms with E-state index < -0.39 is 16.1 Å². The highest BCUT2D eigenvalue weighted by atomic mass is 32.2. The Labute approximate surface area is 172 Å². The van der Waals surface area contributed by atoms with E-state index in [-0.39, 0.29) is 11.9 Å². The fourth-order valence-corrected chi connectivity index (χ4v) is 5.08. The summed E-state index contributed by atoms with van der Waals surface area (Å²) in [7, 11) is -3.52. The van der Waals surface area contributed by atoms with Crippen molar-refractivity contribution in [2.45, 2.75) is 38.5 Å². The lowest BCUT2D eigenvalue weighted by atomic mass is 10.1. The summed E-state index contributed by atoms with van der Waals surface area (Å²) in [5.41, 5.74) is 2.99. The van der Waals surface area contributed by atoms with Crippen LogP contribution in [0.25, 0.3) is 0 Å². The molecular weight excluding hydrogens is 390 g/mol. The number of carbonyl (C=O) groups excluding carboxylic acids is 1. The number of pyridine rings is 1. The van der Waals surface area contributed by atoms with Crippen molar-refractivity contribution in [3.63, 3.8) is 0 Å². The molecule has 1 fully saturated rings. The molecule has 0 radical (unpaired) electrons. The number of hydrogen-bond donors (Lipinski definition) is 1. The maximum Gasteiger partial charge on any atom is 0.216 e. The number of nitrogens with one attached hydrogen (secondary N) is 1. The zero-order valence-corrected chi connectivity index (χ0v) is 17.3. The maximum atomic E-state index is 12.9. The number of hydrogen-bond acceptors (Lipinski definition) is 5. The van der Waals surface area contributed by atoms with Crippen molar-refractivity contribution in [1.82, 2.24) is 14.6 Å². The first-order valence-corrected chi connectivity index (χ1v) is 11.3. The predicted molar refractivity (Wildman–Crippen MR) is 111 cm³/mol. The molecule has 7 nitrogen and oxygen atoms in total. The first kappa shape index (κ1) is 21.4. The Hall–Kier alpha value is -2.29. The zero-order valence-electron chi connectivity index (χ0n) is 16.5. The van der Waals surface area contributed by atoms with E-state index in [4.69, 9.17) is 4.74 Å². The third-order valence-corrected chi connectivity index (χ3v) is 7.04. The second-order valence-corrected chi connectivity index (χ2v) is 9.31. The van der Waals surface area contributed by atoms with E-state index in [2.05, 4.69) is 22.4 Å². The molecule has 3 rings (SSSR count). The molecule has 0 spiro atoms. The van der Waals surface area contributed by atoms with Crippen molar-refractivity contribution in [1.29, 1.82) is 0 Å². The SMILES string of the molecule is Cc1ccc(COC2CCN(S(=O)(=O)CC(NC=O)c3cccnc3)CC2)cc1. The average Bonchev–Trinajstić information content (AvgIpc) is 2.74. The Morgan fingerprint density at radius 3 is 2.59 bits per heavy atom. The normalized spacial score (nSPS) is 17.0. The lowest BCUT2D eigenvalue weighted by Gasteiger charge is -2.32. The Bertz CT molecular complexity index is 880. The Morgan fingerprint density at radius 1 is 1.24 bits per heavy atom. The van der Waals surface area contributed by atoms with Gasteiger partial charge in [0.15, 0.2) is 0 Å². The fourth-order valence-electron chi connectivity index (χ4n) is 3.40. The average molecular weight is 418 g/mol. The van der Waals surface area contributed by atoms with Crippen molar-refractivity contribution in [3.8, 4) is 0 Å². The smallest absolute Gasteiger partial charge is 0.216 e. The number of benzene rings is 1. The van der Waals surface area contributed by atoms with Gasteiger partial charge in [0, 0.05) is 25.5 Å². The highest BCUT2D eigenvalue weighted by Gasteiger charge is 2.31. The van der Waals surface area contributed by atoms with E-state index in [1.807, 2.05) is 19.1 Å². The monoisotopic (exact) mass is 417 g/mol. The lowest BCUT2D eigenvalue weighted by Crippen LogP contribution is -2.44. The number of amides is 1. The van der Waals surface area contributed by atoms with E-state index in [1.54, 1.807) is 24.5 Å². The molecule has 1 aromatic heterocycles. The summed E-state index contributed by atoms with van der Waals surface area (Å²) in [5.74, 6) is -0.188. The first-order valence-electron chi connectivity index (χ1n) is 9.72. The molecule has 1 atom stereocenters. The summed E-state index contributed by atoms with van der Waals surface area (Å²) in [5, 5.41) is 2.59. The van der Waals surface area contributed by atoms with Crippen LogP contribution in [0.3, 0.4) is 0 Å². The number of piperidine rings is 1. The van der Waals surface area contributed by atoms with Crippen LogP contribution in [0.1, 0.15) is 35.6 Å². The molecule has 1 saturated heterocycles. The minimum Gasteiger partial charge on any atom is -0.373 e. The Kier molecular flexibility index (Phi) is 7.35.